The molecule has 3 N–H and O–H groups in total. The minimum Gasteiger partial charge on any atom is -0.391 e. The van der Waals surface area contributed by atoms with Gasteiger partial charge in [-0.05, 0) is 30.4 Å². The van der Waals surface area contributed by atoms with E-state index in [2.05, 4.69) is 37.8 Å². The lowest BCUT2D eigenvalue weighted by Gasteiger charge is -2.13. The highest BCUT2D eigenvalue weighted by Gasteiger charge is 2.15. The number of hydrogen-bond donors (Lipinski definition) is 3. The highest BCUT2D eigenvalue weighted by molar-refractivity contribution is 5.94. The molecule has 0 aliphatic heterocycles. The minimum absolute atomic E-state index is 0.0626. The van der Waals surface area contributed by atoms with E-state index >= 15 is 0 Å². The van der Waals surface area contributed by atoms with Crippen LogP contribution in [0, 0.1) is 6.92 Å². The van der Waals surface area contributed by atoms with Crippen LogP contribution in [0.5, 0.6) is 0 Å². The summed E-state index contributed by atoms with van der Waals surface area (Å²) in [5.74, 6) is 1.80. The molecule has 35 heavy (non-hydrogen) atoms. The van der Waals surface area contributed by atoms with Crippen LogP contribution >= 0.6 is 0 Å². The number of pyridine rings is 1. The fraction of sp³-hybridized carbons (Fsp3) is 0.400. The monoisotopic (exact) mass is 477 g/mol. The first-order valence-electron chi connectivity index (χ1n) is 11.9. The molecule has 1 aromatic carbocycles. The van der Waals surface area contributed by atoms with Crippen LogP contribution in [-0.4, -0.2) is 48.6 Å². The van der Waals surface area contributed by atoms with Crippen molar-refractivity contribution in [3.8, 4) is 11.4 Å². The number of carbonyl (C=O) groups is 1. The second-order valence-corrected chi connectivity index (χ2v) is 8.62. The van der Waals surface area contributed by atoms with Crippen LogP contribution in [-0.2, 0) is 18.3 Å². The largest absolute Gasteiger partial charge is 0.391 e. The molecule has 1 amide bonds. The molecule has 1 atom stereocenters. The lowest BCUT2D eigenvalue weighted by atomic mass is 10.1. The number of aliphatic hydroxyl groups excluding tert-OH is 1. The first-order chi connectivity index (χ1) is 16.9. The van der Waals surface area contributed by atoms with Crippen molar-refractivity contribution in [3.63, 3.8) is 0 Å². The van der Waals surface area contributed by atoms with Crippen LogP contribution in [0.15, 0.2) is 41.1 Å². The summed E-state index contributed by atoms with van der Waals surface area (Å²) in [7, 11) is 1.87. The lowest BCUT2D eigenvalue weighted by Crippen LogP contribution is -2.26. The molecule has 10 heteroatoms. The van der Waals surface area contributed by atoms with E-state index in [4.69, 9.17) is 4.52 Å². The zero-order valence-electron chi connectivity index (χ0n) is 20.3. The summed E-state index contributed by atoms with van der Waals surface area (Å²) in [4.78, 5) is 21.1. The van der Waals surface area contributed by atoms with E-state index in [9.17, 15) is 9.90 Å². The van der Waals surface area contributed by atoms with Crippen molar-refractivity contribution in [2.45, 2.75) is 52.1 Å². The Bertz CT molecular complexity index is 1300. The van der Waals surface area contributed by atoms with Gasteiger partial charge in [-0.2, -0.15) is 10.1 Å². The number of aromatic nitrogens is 5. The average molecular weight is 478 g/mol. The zero-order valence-corrected chi connectivity index (χ0v) is 20.3. The van der Waals surface area contributed by atoms with Gasteiger partial charge in [-0.25, -0.2) is 4.98 Å². The van der Waals surface area contributed by atoms with Gasteiger partial charge in [0, 0.05) is 49.4 Å². The standard InChI is InChI=1S/C25H31N7O3/c1-4-5-6-7-19-13-22(30-32(19)3)29-23(34)14-20(33)15-27-25-21-12-18(24-28-16(2)35-31-24)9-8-17(21)10-11-26-25/h8-13,20,33H,4-7,14-15H2,1-3H3,(H,26,27)(H,29,30,34)/t20-/m0/s1. The third-order valence-corrected chi connectivity index (χ3v) is 5.76. The van der Waals surface area contributed by atoms with Crippen molar-refractivity contribution in [1.82, 2.24) is 24.9 Å². The van der Waals surface area contributed by atoms with Gasteiger partial charge in [-0.3, -0.25) is 9.48 Å². The predicted molar refractivity (Wildman–Crippen MR) is 134 cm³/mol. The lowest BCUT2D eigenvalue weighted by molar-refractivity contribution is -0.117. The SMILES string of the molecule is CCCCCc1cc(NC(=O)C[C@H](O)CNc2nccc3ccc(-c4noc(C)n4)cc23)nn1C. The normalized spacial score (nSPS) is 12.1. The molecular weight excluding hydrogens is 446 g/mol. The molecule has 0 fully saturated rings. The molecule has 3 heterocycles. The Hall–Kier alpha value is -3.79. The molecule has 0 spiro atoms. The topological polar surface area (TPSA) is 131 Å². The fourth-order valence-electron chi connectivity index (χ4n) is 3.92. The molecule has 4 rings (SSSR count). The number of carbonyl (C=O) groups excluding carboxylic acids is 1. The van der Waals surface area contributed by atoms with Crippen LogP contribution in [0.4, 0.5) is 11.6 Å². The summed E-state index contributed by atoms with van der Waals surface area (Å²) < 4.78 is 6.87. The number of nitrogens with one attached hydrogen (secondary N) is 2. The van der Waals surface area contributed by atoms with Crippen molar-refractivity contribution in [2.75, 3.05) is 17.2 Å². The molecule has 0 saturated heterocycles. The van der Waals surface area contributed by atoms with Crippen LogP contribution in [0.1, 0.15) is 44.2 Å². The van der Waals surface area contributed by atoms with Crippen molar-refractivity contribution < 1.29 is 14.4 Å². The van der Waals surface area contributed by atoms with Gasteiger partial charge < -0.3 is 20.3 Å². The summed E-state index contributed by atoms with van der Waals surface area (Å²) >= 11 is 0. The van der Waals surface area contributed by atoms with Crippen molar-refractivity contribution in [3.05, 3.63) is 48.1 Å². The van der Waals surface area contributed by atoms with E-state index in [1.54, 1.807) is 17.8 Å². The van der Waals surface area contributed by atoms with E-state index < -0.39 is 6.10 Å². The number of nitrogens with zero attached hydrogens (tertiary/aromatic N) is 5. The van der Waals surface area contributed by atoms with Crippen molar-refractivity contribution in [2.24, 2.45) is 7.05 Å². The first kappa shape index (κ1) is 24.3. The summed E-state index contributed by atoms with van der Waals surface area (Å²) in [5.41, 5.74) is 1.88. The number of benzene rings is 1. The number of aryl methyl sites for hydroxylation is 3. The van der Waals surface area contributed by atoms with Gasteiger partial charge in [0.1, 0.15) is 5.82 Å². The molecule has 0 unspecified atom stereocenters. The van der Waals surface area contributed by atoms with E-state index in [1.807, 2.05) is 37.4 Å². The van der Waals surface area contributed by atoms with Crippen LogP contribution in [0.3, 0.4) is 0 Å². The molecule has 0 aliphatic rings. The van der Waals surface area contributed by atoms with Crippen molar-refractivity contribution in [1.29, 1.82) is 0 Å². The van der Waals surface area contributed by atoms with Gasteiger partial charge in [0.25, 0.3) is 0 Å². The smallest absolute Gasteiger partial charge is 0.228 e. The number of hydrogen-bond acceptors (Lipinski definition) is 8. The van der Waals surface area contributed by atoms with Crippen LogP contribution < -0.4 is 10.6 Å². The Morgan fingerprint density at radius 3 is 2.86 bits per heavy atom. The molecule has 4 aromatic rings. The van der Waals surface area contributed by atoms with E-state index in [0.717, 1.165) is 47.7 Å². The second kappa shape index (κ2) is 11.1. The predicted octanol–water partition coefficient (Wildman–Crippen LogP) is 3.86. The van der Waals surface area contributed by atoms with Gasteiger partial charge in [0.15, 0.2) is 5.82 Å². The summed E-state index contributed by atoms with van der Waals surface area (Å²) in [5, 5.41) is 26.6. The van der Waals surface area contributed by atoms with Gasteiger partial charge in [-0.1, -0.05) is 37.1 Å². The molecule has 3 aromatic heterocycles. The third kappa shape index (κ3) is 6.21. The maximum absolute atomic E-state index is 12.4. The van der Waals surface area contributed by atoms with E-state index in [1.165, 1.54) is 0 Å². The van der Waals surface area contributed by atoms with Crippen LogP contribution in [0.25, 0.3) is 22.2 Å². The Balaban J connectivity index is 1.35. The van der Waals surface area contributed by atoms with Gasteiger partial charge in [-0.15, -0.1) is 0 Å². The first-order valence-corrected chi connectivity index (χ1v) is 11.9. The van der Waals surface area contributed by atoms with Gasteiger partial charge in [0.2, 0.25) is 17.6 Å². The maximum Gasteiger partial charge on any atom is 0.228 e. The van der Waals surface area contributed by atoms with E-state index in [0.29, 0.717) is 23.4 Å². The Kier molecular flexibility index (Phi) is 7.71. The Labute approximate surface area is 203 Å². The zero-order chi connectivity index (χ0) is 24.8. The summed E-state index contributed by atoms with van der Waals surface area (Å²) in [6.07, 6.45) is 5.06. The third-order valence-electron chi connectivity index (χ3n) is 5.76. The average Bonchev–Trinajstić information content (AvgIpc) is 3.42. The highest BCUT2D eigenvalue weighted by atomic mass is 16.5. The molecule has 0 saturated carbocycles. The molecule has 0 bridgehead atoms. The molecule has 10 nitrogen and oxygen atoms in total. The second-order valence-electron chi connectivity index (χ2n) is 8.62. The van der Waals surface area contributed by atoms with Gasteiger partial charge in [0.05, 0.1) is 12.5 Å². The van der Waals surface area contributed by atoms with E-state index in [-0.39, 0.29) is 18.9 Å². The number of unbranched alkanes of at least 4 members (excludes halogenated alkanes) is 2. The highest BCUT2D eigenvalue weighted by Crippen LogP contribution is 2.26. The van der Waals surface area contributed by atoms with Crippen LogP contribution in [0.2, 0.25) is 0 Å². The minimum atomic E-state index is -0.900. The maximum atomic E-state index is 12.4. The molecule has 0 radical (unpaired) electrons. The molecular formula is C25H31N7O3. The quantitative estimate of drug-likeness (QED) is 0.278. The van der Waals surface area contributed by atoms with Crippen molar-refractivity contribution >= 4 is 28.3 Å². The number of anilines is 2. The summed E-state index contributed by atoms with van der Waals surface area (Å²) in [6, 6.07) is 9.59. The number of rotatable bonds is 11. The Morgan fingerprint density at radius 2 is 2.09 bits per heavy atom. The Morgan fingerprint density at radius 1 is 1.23 bits per heavy atom. The fourth-order valence-corrected chi connectivity index (χ4v) is 3.92. The van der Waals surface area contributed by atoms with Gasteiger partial charge >= 0.3 is 0 Å². The number of fused-ring (bicyclic) bond motifs is 1. The summed E-state index contributed by atoms with van der Waals surface area (Å²) in [6.45, 7) is 4.07. The number of amides is 1. The molecule has 0 aliphatic carbocycles. The number of aliphatic hydroxyl groups is 1. The molecule has 184 valence electrons.